The molecule has 5 heteroatoms. The first-order chi connectivity index (χ1) is 7.59. The molecule has 0 aliphatic rings. The average molecular weight is 238 g/mol. The SMILES string of the molecule is C[C@H](SCc1ccccc1)C(=O)NC(N)=O. The molecule has 16 heavy (non-hydrogen) atoms. The Labute approximate surface area is 98.6 Å². The monoisotopic (exact) mass is 238 g/mol. The Morgan fingerprint density at radius 1 is 1.38 bits per heavy atom. The molecule has 0 heterocycles. The van der Waals surface area contributed by atoms with E-state index in [4.69, 9.17) is 5.73 Å². The van der Waals surface area contributed by atoms with Crippen molar-refractivity contribution in [2.45, 2.75) is 17.9 Å². The number of hydrogen-bond donors (Lipinski definition) is 2. The van der Waals surface area contributed by atoms with Crippen molar-refractivity contribution in [3.63, 3.8) is 0 Å². The molecule has 4 nitrogen and oxygen atoms in total. The molecule has 0 unspecified atom stereocenters. The van der Waals surface area contributed by atoms with E-state index >= 15 is 0 Å². The van der Waals surface area contributed by atoms with Crippen molar-refractivity contribution >= 4 is 23.7 Å². The molecule has 0 saturated carbocycles. The summed E-state index contributed by atoms with van der Waals surface area (Å²) in [4.78, 5) is 21.8. The van der Waals surface area contributed by atoms with Gasteiger partial charge in [0.25, 0.3) is 0 Å². The van der Waals surface area contributed by atoms with Gasteiger partial charge < -0.3 is 5.73 Å². The topological polar surface area (TPSA) is 72.2 Å². The van der Waals surface area contributed by atoms with Crippen LogP contribution in [-0.4, -0.2) is 17.2 Å². The minimum absolute atomic E-state index is 0.298. The number of urea groups is 1. The standard InChI is InChI=1S/C11H14N2O2S/c1-8(10(14)13-11(12)15)16-7-9-5-3-2-4-6-9/h2-6,8H,7H2,1H3,(H3,12,13,14,15)/t8-/m0/s1. The number of rotatable bonds is 4. The molecule has 1 atom stereocenters. The predicted molar refractivity (Wildman–Crippen MR) is 64.9 cm³/mol. The Hall–Kier alpha value is -1.49. The normalized spacial score (nSPS) is 11.8. The van der Waals surface area contributed by atoms with Gasteiger partial charge >= 0.3 is 6.03 Å². The van der Waals surface area contributed by atoms with E-state index in [0.717, 1.165) is 11.3 Å². The van der Waals surface area contributed by atoms with Crippen LogP contribution in [0.1, 0.15) is 12.5 Å². The van der Waals surface area contributed by atoms with Crippen molar-refractivity contribution in [1.29, 1.82) is 0 Å². The summed E-state index contributed by atoms with van der Waals surface area (Å²) >= 11 is 1.46. The van der Waals surface area contributed by atoms with Gasteiger partial charge in [-0.1, -0.05) is 30.3 Å². The maximum atomic E-state index is 11.3. The number of amides is 3. The van der Waals surface area contributed by atoms with Gasteiger partial charge in [-0.3, -0.25) is 10.1 Å². The van der Waals surface area contributed by atoms with Gasteiger partial charge in [0, 0.05) is 5.75 Å². The van der Waals surface area contributed by atoms with Crippen molar-refractivity contribution in [3.8, 4) is 0 Å². The molecular formula is C11H14N2O2S. The summed E-state index contributed by atoms with van der Waals surface area (Å²) in [5.41, 5.74) is 6.00. The van der Waals surface area contributed by atoms with Crippen molar-refractivity contribution < 1.29 is 9.59 Å². The molecule has 3 amide bonds. The van der Waals surface area contributed by atoms with Crippen LogP contribution < -0.4 is 11.1 Å². The summed E-state index contributed by atoms with van der Waals surface area (Å²) < 4.78 is 0. The lowest BCUT2D eigenvalue weighted by molar-refractivity contribution is -0.119. The number of carbonyl (C=O) groups excluding carboxylic acids is 2. The van der Waals surface area contributed by atoms with E-state index in [2.05, 4.69) is 5.32 Å². The van der Waals surface area contributed by atoms with Crippen LogP contribution in [0.4, 0.5) is 4.79 Å². The number of hydrogen-bond acceptors (Lipinski definition) is 3. The van der Waals surface area contributed by atoms with Gasteiger partial charge in [-0.25, -0.2) is 4.79 Å². The Morgan fingerprint density at radius 3 is 2.56 bits per heavy atom. The molecule has 1 rings (SSSR count). The van der Waals surface area contributed by atoms with Gasteiger partial charge in [0.05, 0.1) is 5.25 Å². The zero-order valence-corrected chi connectivity index (χ0v) is 9.79. The minimum atomic E-state index is -0.808. The van der Waals surface area contributed by atoms with Crippen LogP contribution in [0.5, 0.6) is 0 Å². The number of benzene rings is 1. The van der Waals surface area contributed by atoms with Crippen LogP contribution in [-0.2, 0) is 10.5 Å². The fraction of sp³-hybridized carbons (Fsp3) is 0.273. The average Bonchev–Trinajstić information content (AvgIpc) is 2.26. The Balaban J connectivity index is 2.38. The van der Waals surface area contributed by atoms with E-state index in [1.807, 2.05) is 30.3 Å². The zero-order valence-electron chi connectivity index (χ0n) is 8.97. The summed E-state index contributed by atoms with van der Waals surface area (Å²) in [6.07, 6.45) is 0. The smallest absolute Gasteiger partial charge is 0.318 e. The molecule has 0 bridgehead atoms. The first-order valence-corrected chi connectivity index (χ1v) is 5.90. The molecule has 1 aromatic rings. The molecular weight excluding hydrogens is 224 g/mol. The summed E-state index contributed by atoms with van der Waals surface area (Å²) in [5.74, 6) is 0.377. The van der Waals surface area contributed by atoms with Crippen LogP contribution in [0.25, 0.3) is 0 Å². The third kappa shape index (κ3) is 4.35. The van der Waals surface area contributed by atoms with Crippen molar-refractivity contribution in [3.05, 3.63) is 35.9 Å². The van der Waals surface area contributed by atoms with E-state index in [1.54, 1.807) is 6.92 Å². The number of thioether (sulfide) groups is 1. The molecule has 0 aromatic heterocycles. The molecule has 0 fully saturated rings. The van der Waals surface area contributed by atoms with Crippen LogP contribution in [0, 0.1) is 0 Å². The summed E-state index contributed by atoms with van der Waals surface area (Å²) in [6, 6.07) is 9.01. The van der Waals surface area contributed by atoms with Crippen LogP contribution in [0.2, 0.25) is 0 Å². The van der Waals surface area contributed by atoms with Crippen LogP contribution >= 0.6 is 11.8 Å². The number of primary amides is 1. The Bertz CT molecular complexity index is 368. The molecule has 0 aliphatic carbocycles. The summed E-state index contributed by atoms with van der Waals surface area (Å²) in [6.45, 7) is 1.74. The van der Waals surface area contributed by atoms with E-state index in [-0.39, 0.29) is 11.2 Å². The van der Waals surface area contributed by atoms with Gasteiger partial charge in [-0.05, 0) is 12.5 Å². The highest BCUT2D eigenvalue weighted by Crippen LogP contribution is 2.17. The number of nitrogens with two attached hydrogens (primary N) is 1. The van der Waals surface area contributed by atoms with Gasteiger partial charge in [0.15, 0.2) is 0 Å². The molecule has 86 valence electrons. The van der Waals surface area contributed by atoms with E-state index in [9.17, 15) is 9.59 Å². The highest BCUT2D eigenvalue weighted by atomic mass is 32.2. The lowest BCUT2D eigenvalue weighted by atomic mass is 10.2. The first-order valence-electron chi connectivity index (χ1n) is 4.85. The number of carbonyl (C=O) groups is 2. The zero-order chi connectivity index (χ0) is 12.0. The third-order valence-corrected chi connectivity index (χ3v) is 3.17. The highest BCUT2D eigenvalue weighted by molar-refractivity contribution is 7.99. The van der Waals surface area contributed by atoms with Gasteiger partial charge in [-0.2, -0.15) is 0 Å². The lowest BCUT2D eigenvalue weighted by Gasteiger charge is -2.09. The predicted octanol–water partition coefficient (Wildman–Crippen LogP) is 1.50. The second kappa shape index (κ2) is 6.17. The third-order valence-electron chi connectivity index (χ3n) is 1.96. The molecule has 0 saturated heterocycles. The first kappa shape index (κ1) is 12.6. The summed E-state index contributed by atoms with van der Waals surface area (Å²) in [7, 11) is 0. The van der Waals surface area contributed by atoms with Gasteiger partial charge in [0.1, 0.15) is 0 Å². The van der Waals surface area contributed by atoms with Crippen LogP contribution in [0.3, 0.4) is 0 Å². The van der Waals surface area contributed by atoms with Crippen LogP contribution in [0.15, 0.2) is 30.3 Å². The second-order valence-corrected chi connectivity index (χ2v) is 4.62. The summed E-state index contributed by atoms with van der Waals surface area (Å²) in [5, 5.41) is 1.76. The van der Waals surface area contributed by atoms with Crippen molar-refractivity contribution in [2.24, 2.45) is 5.73 Å². The maximum absolute atomic E-state index is 11.3. The lowest BCUT2D eigenvalue weighted by Crippen LogP contribution is -2.39. The minimum Gasteiger partial charge on any atom is -0.351 e. The van der Waals surface area contributed by atoms with Gasteiger partial charge in [0.2, 0.25) is 5.91 Å². The number of nitrogens with one attached hydrogen (secondary N) is 1. The van der Waals surface area contributed by atoms with E-state index in [0.29, 0.717) is 0 Å². The van der Waals surface area contributed by atoms with Crippen molar-refractivity contribution in [1.82, 2.24) is 5.32 Å². The fourth-order valence-electron chi connectivity index (χ4n) is 1.09. The van der Waals surface area contributed by atoms with Gasteiger partial charge in [-0.15, -0.1) is 11.8 Å². The molecule has 1 aromatic carbocycles. The Kier molecular flexibility index (Phi) is 4.85. The highest BCUT2D eigenvalue weighted by Gasteiger charge is 2.14. The molecule has 0 aliphatic heterocycles. The van der Waals surface area contributed by atoms with E-state index in [1.165, 1.54) is 11.8 Å². The second-order valence-electron chi connectivity index (χ2n) is 3.29. The van der Waals surface area contributed by atoms with E-state index < -0.39 is 6.03 Å². The maximum Gasteiger partial charge on any atom is 0.318 e. The quantitative estimate of drug-likeness (QED) is 0.835. The molecule has 0 radical (unpaired) electrons. The Morgan fingerprint density at radius 2 is 2.00 bits per heavy atom. The largest absolute Gasteiger partial charge is 0.351 e. The molecule has 3 N–H and O–H groups in total. The fourth-order valence-corrected chi connectivity index (χ4v) is 1.94. The van der Waals surface area contributed by atoms with Crippen molar-refractivity contribution in [2.75, 3.05) is 0 Å². The number of imide groups is 1. The molecule has 0 spiro atoms.